The molecule has 1 heterocycles. The Bertz CT molecular complexity index is 728. The molecule has 0 fully saturated rings. The zero-order chi connectivity index (χ0) is 14.2. The fourth-order valence-electron chi connectivity index (χ4n) is 1.57. The lowest BCUT2D eigenvalue weighted by molar-refractivity contribution is 0.600. The number of nitrogens with zero attached hydrogens (tertiary/aromatic N) is 1. The third kappa shape index (κ3) is 2.79. The number of aromatic nitrogens is 2. The van der Waals surface area contributed by atoms with E-state index >= 15 is 0 Å². The fourth-order valence-corrected chi connectivity index (χ4v) is 3.17. The molecular formula is C11H11BrFN3O2S. The molecule has 0 aliphatic heterocycles. The highest BCUT2D eigenvalue weighted by molar-refractivity contribution is 9.10. The number of hydrogen-bond acceptors (Lipinski definition) is 3. The summed E-state index contributed by atoms with van der Waals surface area (Å²) in [6.45, 7) is 3.23. The van der Waals surface area contributed by atoms with Gasteiger partial charge in [0.1, 0.15) is 10.7 Å². The molecule has 5 nitrogen and oxygen atoms in total. The molecule has 0 aliphatic carbocycles. The summed E-state index contributed by atoms with van der Waals surface area (Å²) >= 11 is 3.02. The van der Waals surface area contributed by atoms with Gasteiger partial charge in [0.25, 0.3) is 10.0 Å². The zero-order valence-electron chi connectivity index (χ0n) is 10.2. The number of halogens is 2. The molecule has 0 atom stereocenters. The molecule has 0 amide bonds. The number of rotatable bonds is 3. The van der Waals surface area contributed by atoms with E-state index in [1.165, 1.54) is 18.3 Å². The first-order valence-corrected chi connectivity index (χ1v) is 7.57. The molecule has 0 radical (unpaired) electrons. The van der Waals surface area contributed by atoms with Crippen molar-refractivity contribution in [1.82, 2.24) is 10.2 Å². The summed E-state index contributed by atoms with van der Waals surface area (Å²) in [4.78, 5) is 0.0624. The number of sulfonamides is 1. The van der Waals surface area contributed by atoms with Crippen LogP contribution in [0.5, 0.6) is 0 Å². The van der Waals surface area contributed by atoms with Crippen LogP contribution in [0.4, 0.5) is 10.1 Å². The molecule has 0 saturated heterocycles. The van der Waals surface area contributed by atoms with Crippen LogP contribution >= 0.6 is 15.9 Å². The van der Waals surface area contributed by atoms with Gasteiger partial charge in [0.2, 0.25) is 0 Å². The van der Waals surface area contributed by atoms with Gasteiger partial charge < -0.3 is 0 Å². The lowest BCUT2D eigenvalue weighted by atomic mass is 10.2. The first-order valence-electron chi connectivity index (χ1n) is 5.29. The summed E-state index contributed by atoms with van der Waals surface area (Å²) in [7, 11) is -3.74. The molecule has 19 heavy (non-hydrogen) atoms. The quantitative estimate of drug-likeness (QED) is 0.896. The molecule has 0 bridgehead atoms. The third-order valence-corrected chi connectivity index (χ3v) is 4.67. The smallest absolute Gasteiger partial charge is 0.265 e. The van der Waals surface area contributed by atoms with Crippen LogP contribution in [0.3, 0.4) is 0 Å². The van der Waals surface area contributed by atoms with Crippen molar-refractivity contribution in [3.63, 3.8) is 0 Å². The van der Waals surface area contributed by atoms with Gasteiger partial charge in [-0.15, -0.1) is 0 Å². The Morgan fingerprint density at radius 1 is 1.37 bits per heavy atom. The number of nitrogens with one attached hydrogen (secondary N) is 2. The van der Waals surface area contributed by atoms with Crippen LogP contribution in [0, 0.1) is 19.7 Å². The highest BCUT2D eigenvalue weighted by Crippen LogP contribution is 2.26. The van der Waals surface area contributed by atoms with E-state index in [4.69, 9.17) is 0 Å². The van der Waals surface area contributed by atoms with E-state index in [2.05, 4.69) is 30.8 Å². The van der Waals surface area contributed by atoms with Crippen LogP contribution in [0.15, 0.2) is 27.7 Å². The minimum absolute atomic E-state index is 0.0624. The van der Waals surface area contributed by atoms with Gasteiger partial charge in [-0.3, -0.25) is 9.82 Å². The van der Waals surface area contributed by atoms with Gasteiger partial charge >= 0.3 is 0 Å². The molecule has 102 valence electrons. The predicted molar refractivity (Wildman–Crippen MR) is 73.0 cm³/mol. The maximum Gasteiger partial charge on any atom is 0.265 e. The third-order valence-electron chi connectivity index (χ3n) is 2.58. The first-order chi connectivity index (χ1) is 8.81. The van der Waals surface area contributed by atoms with Gasteiger partial charge in [0.15, 0.2) is 0 Å². The van der Waals surface area contributed by atoms with E-state index in [0.717, 1.165) is 0 Å². The fraction of sp³-hybridized carbons (Fsp3) is 0.182. The molecule has 1 aromatic carbocycles. The number of aromatic amines is 1. The Balaban J connectivity index is 2.42. The minimum atomic E-state index is -3.74. The summed E-state index contributed by atoms with van der Waals surface area (Å²) in [5.41, 5.74) is 1.24. The van der Waals surface area contributed by atoms with Gasteiger partial charge in [-0.1, -0.05) is 0 Å². The highest BCUT2D eigenvalue weighted by atomic mass is 79.9. The van der Waals surface area contributed by atoms with Crippen LogP contribution in [-0.4, -0.2) is 18.6 Å². The van der Waals surface area contributed by atoms with Gasteiger partial charge in [-0.05, 0) is 47.5 Å². The van der Waals surface area contributed by atoms with Crippen molar-refractivity contribution in [1.29, 1.82) is 0 Å². The average molecular weight is 348 g/mol. The zero-order valence-corrected chi connectivity index (χ0v) is 12.6. The van der Waals surface area contributed by atoms with Crippen molar-refractivity contribution in [2.75, 3.05) is 4.72 Å². The van der Waals surface area contributed by atoms with Crippen LogP contribution in [0.25, 0.3) is 0 Å². The summed E-state index contributed by atoms with van der Waals surface area (Å²) < 4.78 is 40.2. The number of anilines is 1. The van der Waals surface area contributed by atoms with Gasteiger partial charge in [0, 0.05) is 0 Å². The number of hydrogen-bond donors (Lipinski definition) is 2. The molecule has 0 aliphatic rings. The Morgan fingerprint density at radius 2 is 2.05 bits per heavy atom. The topological polar surface area (TPSA) is 74.8 Å². The molecule has 2 rings (SSSR count). The molecule has 2 N–H and O–H groups in total. The SMILES string of the molecule is Cc1cc(F)c(Br)cc1NS(=O)(=O)c1cn[nH]c1C. The van der Waals surface area contributed by atoms with Crippen molar-refractivity contribution in [2.45, 2.75) is 18.7 Å². The van der Waals surface area contributed by atoms with Crippen molar-refractivity contribution < 1.29 is 12.8 Å². The summed E-state index contributed by atoms with van der Waals surface area (Å²) in [6, 6.07) is 2.64. The summed E-state index contributed by atoms with van der Waals surface area (Å²) in [6.07, 6.45) is 1.23. The summed E-state index contributed by atoms with van der Waals surface area (Å²) in [5, 5.41) is 6.23. The molecule has 0 saturated carbocycles. The Labute approximate surface area is 118 Å². The Kier molecular flexibility index (Phi) is 3.64. The second-order valence-corrected chi connectivity index (χ2v) is 6.55. The van der Waals surface area contributed by atoms with Crippen LogP contribution < -0.4 is 4.72 Å². The summed E-state index contributed by atoms with van der Waals surface area (Å²) in [5.74, 6) is -0.445. The van der Waals surface area contributed by atoms with Crippen molar-refractivity contribution >= 4 is 31.6 Å². The number of benzene rings is 1. The second-order valence-electron chi connectivity index (χ2n) is 4.05. The molecule has 0 unspecified atom stereocenters. The predicted octanol–water partition coefficient (Wildman–Crippen LogP) is 2.73. The van der Waals surface area contributed by atoms with Gasteiger partial charge in [0.05, 0.1) is 22.1 Å². The lowest BCUT2D eigenvalue weighted by Crippen LogP contribution is -2.14. The molecule has 0 spiro atoms. The molecule has 2 aromatic rings. The Hall–Kier alpha value is -1.41. The van der Waals surface area contributed by atoms with Crippen molar-refractivity contribution in [2.24, 2.45) is 0 Å². The number of H-pyrrole nitrogens is 1. The van der Waals surface area contributed by atoms with E-state index in [1.807, 2.05) is 0 Å². The van der Waals surface area contributed by atoms with E-state index < -0.39 is 15.8 Å². The van der Waals surface area contributed by atoms with Crippen molar-refractivity contribution in [3.8, 4) is 0 Å². The maximum absolute atomic E-state index is 13.3. The Morgan fingerprint density at radius 3 is 2.63 bits per heavy atom. The average Bonchev–Trinajstić information content (AvgIpc) is 2.73. The standard InChI is InChI=1S/C11H11BrFN3O2S/c1-6-3-9(13)8(12)4-10(6)16-19(17,18)11-5-14-15-7(11)2/h3-5,16H,1-2H3,(H,14,15). The minimum Gasteiger partial charge on any atom is -0.281 e. The van der Waals surface area contributed by atoms with Crippen LogP contribution in [0.2, 0.25) is 0 Å². The molecule has 1 aromatic heterocycles. The first kappa shape index (κ1) is 14.0. The normalized spacial score (nSPS) is 11.6. The van der Waals surface area contributed by atoms with Gasteiger partial charge in [-0.25, -0.2) is 12.8 Å². The van der Waals surface area contributed by atoms with E-state index in [0.29, 0.717) is 16.9 Å². The monoisotopic (exact) mass is 347 g/mol. The molecular weight excluding hydrogens is 337 g/mol. The largest absolute Gasteiger partial charge is 0.281 e. The van der Waals surface area contributed by atoms with E-state index in [1.54, 1.807) is 13.8 Å². The van der Waals surface area contributed by atoms with Crippen LogP contribution in [0.1, 0.15) is 11.3 Å². The van der Waals surface area contributed by atoms with Crippen molar-refractivity contribution in [3.05, 3.63) is 39.9 Å². The van der Waals surface area contributed by atoms with Crippen LogP contribution in [-0.2, 0) is 10.0 Å². The van der Waals surface area contributed by atoms with E-state index in [9.17, 15) is 12.8 Å². The lowest BCUT2D eigenvalue weighted by Gasteiger charge is -2.10. The van der Waals surface area contributed by atoms with Gasteiger partial charge in [-0.2, -0.15) is 5.10 Å². The molecule has 8 heteroatoms. The maximum atomic E-state index is 13.3. The highest BCUT2D eigenvalue weighted by Gasteiger charge is 2.20. The second kappa shape index (κ2) is 4.93. The number of aryl methyl sites for hydroxylation is 2. The van der Waals surface area contributed by atoms with E-state index in [-0.39, 0.29) is 9.37 Å².